The summed E-state index contributed by atoms with van der Waals surface area (Å²) in [7, 11) is -2.09. The van der Waals surface area contributed by atoms with Crippen LogP contribution < -0.4 is 0 Å². The van der Waals surface area contributed by atoms with E-state index >= 15 is 0 Å². The molecule has 2 atom stereocenters. The number of aliphatic hydroxyl groups excluding tert-OH is 1. The monoisotopic (exact) mass is 360 g/mol. The average molecular weight is 361 g/mol. The lowest BCUT2D eigenvalue weighted by molar-refractivity contribution is -0.152. The van der Waals surface area contributed by atoms with Crippen molar-refractivity contribution in [3.8, 4) is 10.8 Å². The number of carbonyl (C=O) groups excluding carboxylic acids is 1. The molecule has 0 saturated heterocycles. The van der Waals surface area contributed by atoms with Crippen molar-refractivity contribution >= 4 is 30.2 Å². The number of rotatable bonds is 3. The lowest BCUT2D eigenvalue weighted by Gasteiger charge is -2.41. The zero-order valence-electron chi connectivity index (χ0n) is 12.7. The van der Waals surface area contributed by atoms with Crippen LogP contribution in [0.3, 0.4) is 0 Å². The fraction of sp³-hybridized carbons (Fsp3) is 0.643. The molecule has 0 bridgehead atoms. The lowest BCUT2D eigenvalue weighted by atomic mass is 10.0. The largest absolute Gasteiger partial charge is 0.502 e. The van der Waals surface area contributed by atoms with Crippen LogP contribution in [-0.4, -0.2) is 31.1 Å². The topological polar surface area (TPSA) is 55.8 Å². The maximum absolute atomic E-state index is 11.4. The first-order valence-electron chi connectivity index (χ1n) is 6.37. The molecule has 0 saturated carbocycles. The summed E-state index contributed by atoms with van der Waals surface area (Å²) in [6.07, 6.45) is 0.737. The second-order valence-corrected chi connectivity index (χ2v) is 11.8. The molecule has 1 N–H and O–H groups in total. The standard InChI is InChI=1S/C14H21BrO4Si/c1-13(2,3)20(5,6)19-11(7-8-15)14(4)9-10(16)12(17)18-14/h9,11,16H,1-6H3/t11-,14+/m1/s1. The average Bonchev–Trinajstić information content (AvgIpc) is 2.51. The second kappa shape index (κ2) is 5.55. The van der Waals surface area contributed by atoms with Crippen LogP contribution in [0.2, 0.25) is 18.1 Å². The quantitative estimate of drug-likeness (QED) is 0.475. The van der Waals surface area contributed by atoms with Crippen molar-refractivity contribution in [2.75, 3.05) is 0 Å². The first-order chi connectivity index (χ1) is 8.93. The molecule has 1 aliphatic rings. The van der Waals surface area contributed by atoms with Gasteiger partial charge in [0.25, 0.3) is 0 Å². The molecular formula is C14H21BrO4Si. The van der Waals surface area contributed by atoms with E-state index < -0.39 is 31.8 Å². The van der Waals surface area contributed by atoms with Crippen LogP contribution in [-0.2, 0) is 14.0 Å². The van der Waals surface area contributed by atoms with E-state index in [9.17, 15) is 9.90 Å². The number of aliphatic hydroxyl groups is 1. The van der Waals surface area contributed by atoms with Gasteiger partial charge in [-0.05, 0) is 29.9 Å². The van der Waals surface area contributed by atoms with Gasteiger partial charge in [-0.15, -0.1) is 0 Å². The molecule has 0 aromatic heterocycles. The molecule has 0 aromatic rings. The van der Waals surface area contributed by atoms with Gasteiger partial charge in [0.1, 0.15) is 0 Å². The molecule has 4 nitrogen and oxygen atoms in total. The zero-order valence-corrected chi connectivity index (χ0v) is 15.3. The third kappa shape index (κ3) is 3.46. The zero-order chi connectivity index (χ0) is 15.8. The van der Waals surface area contributed by atoms with E-state index in [0.717, 1.165) is 0 Å². The van der Waals surface area contributed by atoms with E-state index in [1.807, 2.05) is 0 Å². The number of esters is 1. The summed E-state index contributed by atoms with van der Waals surface area (Å²) in [5, 5.41) is 9.50. The number of hydrogen-bond acceptors (Lipinski definition) is 4. The number of carbonyl (C=O) groups is 1. The minimum absolute atomic E-state index is 0.00394. The highest BCUT2D eigenvalue weighted by Crippen LogP contribution is 2.40. The normalized spacial score (nSPS) is 24.6. The summed E-state index contributed by atoms with van der Waals surface area (Å²) in [5.41, 5.74) is -1.07. The van der Waals surface area contributed by atoms with Gasteiger partial charge in [-0.2, -0.15) is 0 Å². The number of cyclic esters (lactones) is 1. The van der Waals surface area contributed by atoms with Crippen LogP contribution >= 0.6 is 15.9 Å². The van der Waals surface area contributed by atoms with Crippen molar-refractivity contribution in [1.82, 2.24) is 0 Å². The predicted molar refractivity (Wildman–Crippen MR) is 84.0 cm³/mol. The van der Waals surface area contributed by atoms with E-state index in [4.69, 9.17) is 9.16 Å². The molecule has 0 spiro atoms. The first kappa shape index (κ1) is 17.3. The van der Waals surface area contributed by atoms with Gasteiger partial charge < -0.3 is 14.3 Å². The third-order valence-electron chi connectivity index (χ3n) is 3.87. The maximum atomic E-state index is 11.4. The van der Waals surface area contributed by atoms with Gasteiger partial charge in [-0.3, -0.25) is 0 Å². The van der Waals surface area contributed by atoms with Gasteiger partial charge in [0.15, 0.2) is 20.0 Å². The summed E-state index contributed by atoms with van der Waals surface area (Å²) in [6.45, 7) is 12.2. The molecule has 112 valence electrons. The van der Waals surface area contributed by atoms with Crippen molar-refractivity contribution < 1.29 is 19.1 Å². The Labute approximate surface area is 129 Å². The summed E-state index contributed by atoms with van der Waals surface area (Å²) in [6, 6.07) is 0. The van der Waals surface area contributed by atoms with Crippen molar-refractivity contribution in [3.05, 3.63) is 11.8 Å². The van der Waals surface area contributed by atoms with Crippen LogP contribution in [0, 0.1) is 10.8 Å². The summed E-state index contributed by atoms with van der Waals surface area (Å²) >= 11 is 3.06. The Kier molecular flexibility index (Phi) is 4.79. The Morgan fingerprint density at radius 2 is 2.05 bits per heavy atom. The Morgan fingerprint density at radius 3 is 2.40 bits per heavy atom. The van der Waals surface area contributed by atoms with E-state index in [1.54, 1.807) is 6.92 Å². The molecule has 1 aliphatic heterocycles. The van der Waals surface area contributed by atoms with Gasteiger partial charge in [-0.1, -0.05) is 26.7 Å². The minimum atomic E-state index is -2.09. The molecular weight excluding hydrogens is 340 g/mol. The van der Waals surface area contributed by atoms with E-state index in [1.165, 1.54) is 6.08 Å². The van der Waals surface area contributed by atoms with Crippen molar-refractivity contribution in [2.45, 2.75) is 57.5 Å². The molecule has 0 aromatic carbocycles. The van der Waals surface area contributed by atoms with Crippen LogP contribution in [0.1, 0.15) is 27.7 Å². The molecule has 1 heterocycles. The number of ether oxygens (including phenoxy) is 1. The Bertz CT molecular complexity index is 496. The minimum Gasteiger partial charge on any atom is -0.502 e. The number of halogens is 1. The van der Waals surface area contributed by atoms with E-state index in [2.05, 4.69) is 60.5 Å². The molecule has 0 unspecified atom stereocenters. The summed E-state index contributed by atoms with van der Waals surface area (Å²) in [5.74, 6) is 1.74. The van der Waals surface area contributed by atoms with Gasteiger partial charge >= 0.3 is 5.97 Å². The van der Waals surface area contributed by atoms with Crippen LogP contribution in [0.25, 0.3) is 0 Å². The van der Waals surface area contributed by atoms with Gasteiger partial charge in [0.2, 0.25) is 5.76 Å². The predicted octanol–water partition coefficient (Wildman–Crippen LogP) is 3.49. The van der Waals surface area contributed by atoms with Gasteiger partial charge in [-0.25, -0.2) is 4.79 Å². The highest BCUT2D eigenvalue weighted by atomic mass is 79.9. The molecule has 0 aliphatic carbocycles. The lowest BCUT2D eigenvalue weighted by Crippen LogP contribution is -2.50. The van der Waals surface area contributed by atoms with Crippen molar-refractivity contribution in [3.63, 3.8) is 0 Å². The third-order valence-corrected chi connectivity index (χ3v) is 8.54. The maximum Gasteiger partial charge on any atom is 0.374 e. The molecule has 1 rings (SSSR count). The summed E-state index contributed by atoms with van der Waals surface area (Å²) in [4.78, 5) is 14.0. The molecule has 0 fully saturated rings. The van der Waals surface area contributed by atoms with Crippen LogP contribution in [0.4, 0.5) is 0 Å². The van der Waals surface area contributed by atoms with Crippen LogP contribution in [0.15, 0.2) is 11.8 Å². The van der Waals surface area contributed by atoms with E-state index in [0.29, 0.717) is 0 Å². The fourth-order valence-electron chi connectivity index (χ4n) is 1.55. The van der Waals surface area contributed by atoms with Crippen molar-refractivity contribution in [1.29, 1.82) is 0 Å². The molecule has 20 heavy (non-hydrogen) atoms. The van der Waals surface area contributed by atoms with Crippen molar-refractivity contribution in [2.24, 2.45) is 0 Å². The Balaban J connectivity index is 3.09. The van der Waals surface area contributed by atoms with Gasteiger partial charge in [0.05, 0.1) is 0 Å². The highest BCUT2D eigenvalue weighted by Gasteiger charge is 2.48. The van der Waals surface area contributed by atoms with Crippen LogP contribution in [0.5, 0.6) is 0 Å². The Morgan fingerprint density at radius 1 is 1.50 bits per heavy atom. The summed E-state index contributed by atoms with van der Waals surface area (Å²) < 4.78 is 11.5. The molecule has 0 amide bonds. The molecule has 6 heteroatoms. The van der Waals surface area contributed by atoms with E-state index in [-0.39, 0.29) is 5.04 Å². The first-order valence-corrected chi connectivity index (χ1v) is 10.1. The smallest absolute Gasteiger partial charge is 0.374 e. The second-order valence-electron chi connectivity index (χ2n) is 6.60. The number of hydrogen-bond donors (Lipinski definition) is 1. The highest BCUT2D eigenvalue weighted by molar-refractivity contribution is 9.12. The van der Waals surface area contributed by atoms with Gasteiger partial charge in [0, 0.05) is 22.0 Å². The fourth-order valence-corrected chi connectivity index (χ4v) is 3.00. The Hall–Kier alpha value is -0.773. The SMILES string of the molecule is CC(C)(C)[Si](C)(C)O[C@H](C#CBr)[C@]1(C)C=C(O)C(=O)O1. The molecule has 0 radical (unpaired) electrons.